The highest BCUT2D eigenvalue weighted by molar-refractivity contribution is 7.92. The van der Waals surface area contributed by atoms with Crippen LogP contribution in [0.5, 0.6) is 0 Å². The Morgan fingerprint density at radius 1 is 1.14 bits per heavy atom. The lowest BCUT2D eigenvalue weighted by molar-refractivity contribution is -0.137. The molecule has 1 heterocycles. The Kier molecular flexibility index (Phi) is 4.06. The van der Waals surface area contributed by atoms with Crippen molar-refractivity contribution in [2.45, 2.75) is 11.1 Å². The second-order valence-corrected chi connectivity index (χ2v) is 5.91. The van der Waals surface area contributed by atoms with Crippen molar-refractivity contribution in [1.82, 2.24) is 9.97 Å². The molecule has 0 spiro atoms. The molecule has 0 unspecified atom stereocenters. The van der Waals surface area contributed by atoms with Gasteiger partial charge in [0, 0.05) is 12.4 Å². The van der Waals surface area contributed by atoms with Gasteiger partial charge in [0.2, 0.25) is 5.95 Å². The van der Waals surface area contributed by atoms with E-state index in [1.807, 2.05) is 4.72 Å². The Bertz CT molecular complexity index is 751. The third-order valence-electron chi connectivity index (χ3n) is 2.34. The zero-order valence-corrected chi connectivity index (χ0v) is 11.7. The van der Waals surface area contributed by atoms with Crippen LogP contribution < -0.4 is 4.72 Å². The number of halogens is 4. The van der Waals surface area contributed by atoms with Crippen LogP contribution in [-0.4, -0.2) is 18.4 Å². The van der Waals surface area contributed by atoms with E-state index < -0.39 is 31.7 Å². The molecule has 0 fully saturated rings. The lowest BCUT2D eigenvalue weighted by Gasteiger charge is -2.11. The van der Waals surface area contributed by atoms with Crippen molar-refractivity contribution in [1.29, 1.82) is 0 Å². The monoisotopic (exact) mass is 337 g/mol. The maximum absolute atomic E-state index is 12.7. The summed E-state index contributed by atoms with van der Waals surface area (Å²) in [7, 11) is -4.25. The first-order chi connectivity index (χ1) is 9.70. The molecule has 21 heavy (non-hydrogen) atoms. The van der Waals surface area contributed by atoms with E-state index in [1.165, 1.54) is 18.5 Å². The number of hydrogen-bond donors (Lipinski definition) is 1. The fourth-order valence-corrected chi connectivity index (χ4v) is 2.63. The van der Waals surface area contributed by atoms with Crippen LogP contribution in [-0.2, 0) is 16.2 Å². The zero-order valence-electron chi connectivity index (χ0n) is 10.1. The summed E-state index contributed by atoms with van der Waals surface area (Å²) in [5, 5.41) is -0.586. The Morgan fingerprint density at radius 2 is 1.76 bits per heavy atom. The van der Waals surface area contributed by atoms with Gasteiger partial charge in [-0.05, 0) is 24.3 Å². The van der Waals surface area contributed by atoms with Gasteiger partial charge in [0.1, 0.15) is 0 Å². The molecule has 112 valence electrons. The summed E-state index contributed by atoms with van der Waals surface area (Å²) in [5.74, 6) is -0.249. The number of nitrogens with one attached hydrogen (secondary N) is 1. The molecule has 0 saturated carbocycles. The summed E-state index contributed by atoms with van der Waals surface area (Å²) >= 11 is 5.43. The zero-order chi connectivity index (χ0) is 15.7. The fourth-order valence-electron chi connectivity index (χ4n) is 1.42. The minimum atomic E-state index is -4.76. The summed E-state index contributed by atoms with van der Waals surface area (Å²) in [6.45, 7) is 0. The second-order valence-electron chi connectivity index (χ2n) is 3.82. The summed E-state index contributed by atoms with van der Waals surface area (Å²) in [6.07, 6.45) is -2.19. The first-order valence-electron chi connectivity index (χ1n) is 5.37. The van der Waals surface area contributed by atoms with Crippen LogP contribution in [0.3, 0.4) is 0 Å². The van der Waals surface area contributed by atoms with Gasteiger partial charge in [-0.2, -0.15) is 13.2 Å². The molecule has 10 heteroatoms. The highest BCUT2D eigenvalue weighted by Crippen LogP contribution is 2.36. The molecule has 5 nitrogen and oxygen atoms in total. The standard InChI is InChI=1S/C11H7ClF3N3O2S/c12-9-3-2-7(6-8(9)11(13,14)15)21(19,20)18-10-16-4-1-5-17-10/h1-6H,(H,16,17,18). The van der Waals surface area contributed by atoms with Gasteiger partial charge < -0.3 is 0 Å². The van der Waals surface area contributed by atoms with Gasteiger partial charge in [-0.25, -0.2) is 23.1 Å². The number of hydrogen-bond acceptors (Lipinski definition) is 4. The van der Waals surface area contributed by atoms with Gasteiger partial charge >= 0.3 is 6.18 Å². The number of alkyl halides is 3. The van der Waals surface area contributed by atoms with E-state index in [0.717, 1.165) is 12.1 Å². The maximum atomic E-state index is 12.7. The molecule has 1 aromatic carbocycles. The molecular weight excluding hydrogens is 331 g/mol. The van der Waals surface area contributed by atoms with Gasteiger partial charge in [-0.15, -0.1) is 0 Å². The maximum Gasteiger partial charge on any atom is 0.417 e. The van der Waals surface area contributed by atoms with E-state index >= 15 is 0 Å². The van der Waals surface area contributed by atoms with Crippen molar-refractivity contribution < 1.29 is 21.6 Å². The molecule has 0 radical (unpaired) electrons. The third-order valence-corrected chi connectivity index (χ3v) is 4.00. The van der Waals surface area contributed by atoms with Crippen LogP contribution in [0.4, 0.5) is 19.1 Å². The average Bonchev–Trinajstić information content (AvgIpc) is 2.38. The van der Waals surface area contributed by atoms with Crippen molar-refractivity contribution in [3.8, 4) is 0 Å². The second kappa shape index (κ2) is 5.49. The number of anilines is 1. The van der Waals surface area contributed by atoms with Crippen LogP contribution >= 0.6 is 11.6 Å². The van der Waals surface area contributed by atoms with Crippen LogP contribution in [0.25, 0.3) is 0 Å². The number of nitrogens with zero attached hydrogens (tertiary/aromatic N) is 2. The number of aromatic nitrogens is 2. The molecule has 2 aromatic rings. The van der Waals surface area contributed by atoms with E-state index in [9.17, 15) is 21.6 Å². The van der Waals surface area contributed by atoms with Crippen molar-refractivity contribution in [2.75, 3.05) is 4.72 Å². The quantitative estimate of drug-likeness (QED) is 0.934. The van der Waals surface area contributed by atoms with E-state index in [-0.39, 0.29) is 5.95 Å². The third kappa shape index (κ3) is 3.61. The minimum absolute atomic E-state index is 0.249. The lowest BCUT2D eigenvalue weighted by atomic mass is 10.2. The Morgan fingerprint density at radius 3 is 2.33 bits per heavy atom. The summed E-state index contributed by atoms with van der Waals surface area (Å²) in [6, 6.07) is 3.74. The van der Waals surface area contributed by atoms with Crippen LogP contribution in [0.2, 0.25) is 5.02 Å². The molecule has 2 rings (SSSR count). The first-order valence-corrected chi connectivity index (χ1v) is 7.23. The van der Waals surface area contributed by atoms with Gasteiger partial charge in [0.15, 0.2) is 0 Å². The Balaban J connectivity index is 2.42. The molecule has 1 aromatic heterocycles. The van der Waals surface area contributed by atoms with Crippen molar-refractivity contribution in [2.24, 2.45) is 0 Å². The summed E-state index contributed by atoms with van der Waals surface area (Å²) in [4.78, 5) is 6.67. The molecule has 0 aliphatic heterocycles. The largest absolute Gasteiger partial charge is 0.417 e. The van der Waals surface area contributed by atoms with E-state index in [4.69, 9.17) is 11.6 Å². The normalized spacial score (nSPS) is 12.2. The molecule has 0 aliphatic carbocycles. The van der Waals surface area contributed by atoms with Gasteiger partial charge in [0.25, 0.3) is 10.0 Å². The molecule has 0 saturated heterocycles. The highest BCUT2D eigenvalue weighted by atomic mass is 35.5. The summed E-state index contributed by atoms with van der Waals surface area (Å²) < 4.78 is 64.1. The van der Waals surface area contributed by atoms with Gasteiger partial charge in [-0.1, -0.05) is 11.6 Å². The van der Waals surface area contributed by atoms with Crippen molar-refractivity contribution in [3.05, 3.63) is 47.2 Å². The molecule has 0 aliphatic rings. The van der Waals surface area contributed by atoms with Gasteiger partial charge in [-0.3, -0.25) is 0 Å². The minimum Gasteiger partial charge on any atom is -0.247 e. The van der Waals surface area contributed by atoms with Crippen LogP contribution in [0.15, 0.2) is 41.6 Å². The SMILES string of the molecule is O=S(=O)(Nc1ncccn1)c1ccc(Cl)c(C(F)(F)F)c1. The highest BCUT2D eigenvalue weighted by Gasteiger charge is 2.34. The van der Waals surface area contributed by atoms with Crippen molar-refractivity contribution in [3.63, 3.8) is 0 Å². The smallest absolute Gasteiger partial charge is 0.247 e. The number of benzene rings is 1. The number of rotatable bonds is 3. The topological polar surface area (TPSA) is 72.0 Å². The Labute approximate surface area is 122 Å². The predicted octanol–water partition coefficient (Wildman–Crippen LogP) is 2.95. The summed E-state index contributed by atoms with van der Waals surface area (Å²) in [5.41, 5.74) is -1.24. The van der Waals surface area contributed by atoms with Crippen molar-refractivity contribution >= 4 is 27.6 Å². The molecule has 0 amide bonds. The lowest BCUT2D eigenvalue weighted by Crippen LogP contribution is -2.16. The van der Waals surface area contributed by atoms with Crippen LogP contribution in [0.1, 0.15) is 5.56 Å². The van der Waals surface area contributed by atoms with E-state index in [2.05, 4.69) is 9.97 Å². The average molecular weight is 338 g/mol. The van der Waals surface area contributed by atoms with Crippen LogP contribution in [0, 0.1) is 0 Å². The molecule has 0 bridgehead atoms. The number of sulfonamides is 1. The van der Waals surface area contributed by atoms with E-state index in [1.54, 1.807) is 0 Å². The molecule has 0 atom stereocenters. The first kappa shape index (κ1) is 15.5. The predicted molar refractivity (Wildman–Crippen MR) is 69.3 cm³/mol. The fraction of sp³-hybridized carbons (Fsp3) is 0.0909. The van der Waals surface area contributed by atoms with Gasteiger partial charge in [0.05, 0.1) is 15.5 Å². The van der Waals surface area contributed by atoms with E-state index in [0.29, 0.717) is 6.07 Å². The molecular formula is C11H7ClF3N3O2S. The molecule has 1 N–H and O–H groups in total. The Hall–Kier alpha value is -1.87.